The van der Waals surface area contributed by atoms with E-state index in [4.69, 9.17) is 0 Å². The maximum Gasteiger partial charge on any atom is 0.316 e. The summed E-state index contributed by atoms with van der Waals surface area (Å²) in [4.78, 5) is 21.1. The van der Waals surface area contributed by atoms with Gasteiger partial charge in [0.2, 0.25) is 0 Å². The van der Waals surface area contributed by atoms with Gasteiger partial charge < -0.3 is 9.53 Å². The number of ether oxygens (including phenoxy) is 1. The van der Waals surface area contributed by atoms with Gasteiger partial charge in [-0.1, -0.05) is 0 Å². The maximum absolute atomic E-state index is 10.8. The van der Waals surface area contributed by atoms with Gasteiger partial charge in [-0.3, -0.25) is 4.79 Å². The van der Waals surface area contributed by atoms with E-state index in [1.54, 1.807) is 0 Å². The number of carbonyl (C=O) groups excluding carboxylic acids is 2. The second-order valence-electron chi connectivity index (χ2n) is 2.52. The van der Waals surface area contributed by atoms with E-state index in [-0.39, 0.29) is 5.92 Å². The molecule has 0 aromatic heterocycles. The van der Waals surface area contributed by atoms with Gasteiger partial charge in [0.1, 0.15) is 12.2 Å². The molecule has 0 radical (unpaired) electrons. The first-order valence-corrected chi connectivity index (χ1v) is 3.32. The summed E-state index contributed by atoms with van der Waals surface area (Å²) < 4.78 is 4.43. The molecule has 0 bridgehead atoms. The van der Waals surface area contributed by atoms with Crippen molar-refractivity contribution in [1.29, 1.82) is 0 Å². The molecule has 1 aliphatic carbocycles. The van der Waals surface area contributed by atoms with E-state index in [0.717, 1.165) is 12.8 Å². The van der Waals surface area contributed by atoms with Gasteiger partial charge in [-0.05, 0) is 18.8 Å². The van der Waals surface area contributed by atoms with Crippen molar-refractivity contribution in [2.45, 2.75) is 12.8 Å². The van der Waals surface area contributed by atoms with Crippen LogP contribution in [0.3, 0.4) is 0 Å². The van der Waals surface area contributed by atoms with E-state index in [9.17, 15) is 9.59 Å². The van der Waals surface area contributed by atoms with Crippen molar-refractivity contribution < 1.29 is 14.3 Å². The SMILES string of the molecule is COC(=O)[C@H](C=O)C1CC1. The first-order valence-electron chi connectivity index (χ1n) is 3.32. The molecule has 0 N–H and O–H groups in total. The minimum atomic E-state index is -0.495. The Kier molecular flexibility index (Phi) is 2.04. The van der Waals surface area contributed by atoms with Crippen LogP contribution in [0, 0.1) is 11.8 Å². The molecule has 0 heterocycles. The lowest BCUT2D eigenvalue weighted by atomic mass is 10.1. The second-order valence-corrected chi connectivity index (χ2v) is 2.52. The number of rotatable bonds is 3. The lowest BCUT2D eigenvalue weighted by Crippen LogP contribution is -2.19. The van der Waals surface area contributed by atoms with Crippen molar-refractivity contribution in [3.63, 3.8) is 0 Å². The van der Waals surface area contributed by atoms with Crippen molar-refractivity contribution in [2.75, 3.05) is 7.11 Å². The van der Waals surface area contributed by atoms with Crippen LogP contribution in [0.25, 0.3) is 0 Å². The second kappa shape index (κ2) is 2.82. The highest BCUT2D eigenvalue weighted by Gasteiger charge is 2.36. The molecule has 1 saturated carbocycles. The van der Waals surface area contributed by atoms with Gasteiger partial charge in [-0.15, -0.1) is 0 Å². The average molecular weight is 142 g/mol. The van der Waals surface area contributed by atoms with E-state index in [1.165, 1.54) is 7.11 Å². The predicted octanol–water partition coefficient (Wildman–Crippen LogP) is 0.384. The molecule has 0 unspecified atom stereocenters. The normalized spacial score (nSPS) is 19.7. The first-order chi connectivity index (χ1) is 4.79. The topological polar surface area (TPSA) is 43.4 Å². The maximum atomic E-state index is 10.8. The van der Waals surface area contributed by atoms with Gasteiger partial charge in [0.25, 0.3) is 0 Å². The number of carbonyl (C=O) groups is 2. The summed E-state index contributed by atoms with van der Waals surface area (Å²) in [5.41, 5.74) is 0. The van der Waals surface area contributed by atoms with Crippen molar-refractivity contribution in [3.05, 3.63) is 0 Å². The molecule has 1 aliphatic rings. The van der Waals surface area contributed by atoms with E-state index < -0.39 is 11.9 Å². The van der Waals surface area contributed by atoms with Crippen molar-refractivity contribution in [3.8, 4) is 0 Å². The third-order valence-electron chi connectivity index (χ3n) is 1.75. The highest BCUT2D eigenvalue weighted by molar-refractivity contribution is 5.88. The smallest absolute Gasteiger partial charge is 0.316 e. The van der Waals surface area contributed by atoms with Crippen LogP contribution >= 0.6 is 0 Å². The number of methoxy groups -OCH3 is 1. The molecular formula is C7H10O3. The van der Waals surface area contributed by atoms with Crippen molar-refractivity contribution in [2.24, 2.45) is 11.8 Å². The standard InChI is InChI=1S/C7H10O3/c1-10-7(9)6(4-8)5-2-3-5/h4-6H,2-3H2,1H3/t6-/m1/s1. The highest BCUT2D eigenvalue weighted by atomic mass is 16.5. The Morgan fingerprint density at radius 1 is 1.70 bits per heavy atom. The molecule has 0 spiro atoms. The van der Waals surface area contributed by atoms with E-state index >= 15 is 0 Å². The van der Waals surface area contributed by atoms with Crippen LogP contribution in [-0.4, -0.2) is 19.4 Å². The predicted molar refractivity (Wildman–Crippen MR) is 34.3 cm³/mol. The van der Waals surface area contributed by atoms with Crippen LogP contribution in [0.4, 0.5) is 0 Å². The molecule has 0 aromatic rings. The van der Waals surface area contributed by atoms with Crippen LogP contribution in [0.5, 0.6) is 0 Å². The third kappa shape index (κ3) is 1.35. The largest absolute Gasteiger partial charge is 0.468 e. The van der Waals surface area contributed by atoms with E-state index in [1.807, 2.05) is 0 Å². The average Bonchev–Trinajstić information content (AvgIpc) is 2.73. The Labute approximate surface area is 59.4 Å². The fourth-order valence-electron chi connectivity index (χ4n) is 0.951. The van der Waals surface area contributed by atoms with Crippen molar-refractivity contribution in [1.82, 2.24) is 0 Å². The Bertz CT molecular complexity index is 149. The minimum absolute atomic E-state index is 0.268. The molecule has 1 atom stereocenters. The molecular weight excluding hydrogens is 132 g/mol. The summed E-state index contributed by atoms with van der Waals surface area (Å²) in [7, 11) is 1.31. The van der Waals surface area contributed by atoms with E-state index in [2.05, 4.69) is 4.74 Å². The summed E-state index contributed by atoms with van der Waals surface area (Å²) in [5, 5.41) is 0. The Hall–Kier alpha value is -0.860. The molecule has 3 nitrogen and oxygen atoms in total. The molecule has 0 aromatic carbocycles. The van der Waals surface area contributed by atoms with Crippen LogP contribution in [0.15, 0.2) is 0 Å². The zero-order chi connectivity index (χ0) is 7.56. The van der Waals surface area contributed by atoms with Gasteiger partial charge in [0.05, 0.1) is 7.11 Å². The zero-order valence-corrected chi connectivity index (χ0v) is 5.87. The molecule has 1 rings (SSSR count). The van der Waals surface area contributed by atoms with Crippen LogP contribution in [0.2, 0.25) is 0 Å². The summed E-state index contributed by atoms with van der Waals surface area (Å²) in [5.74, 6) is -0.618. The Balaban J connectivity index is 2.46. The lowest BCUT2D eigenvalue weighted by Gasteiger charge is -2.03. The molecule has 3 heteroatoms. The lowest BCUT2D eigenvalue weighted by molar-refractivity contribution is -0.147. The van der Waals surface area contributed by atoms with Gasteiger partial charge >= 0.3 is 5.97 Å². The van der Waals surface area contributed by atoms with Gasteiger partial charge in [-0.25, -0.2) is 0 Å². The quantitative estimate of drug-likeness (QED) is 0.325. The molecule has 0 aliphatic heterocycles. The van der Waals surface area contributed by atoms with Crippen LogP contribution in [0.1, 0.15) is 12.8 Å². The Morgan fingerprint density at radius 2 is 2.30 bits per heavy atom. The van der Waals surface area contributed by atoms with Crippen molar-refractivity contribution >= 4 is 12.3 Å². The molecule has 10 heavy (non-hydrogen) atoms. The summed E-state index contributed by atoms with van der Waals surface area (Å²) in [6.45, 7) is 0. The zero-order valence-electron chi connectivity index (χ0n) is 5.87. The summed E-state index contributed by atoms with van der Waals surface area (Å²) in [6, 6.07) is 0. The summed E-state index contributed by atoms with van der Waals surface area (Å²) in [6.07, 6.45) is 2.65. The van der Waals surface area contributed by atoms with E-state index in [0.29, 0.717) is 6.29 Å². The fraction of sp³-hybridized carbons (Fsp3) is 0.714. The molecule has 56 valence electrons. The number of hydrogen-bond donors (Lipinski definition) is 0. The van der Waals surface area contributed by atoms with Gasteiger partial charge in [-0.2, -0.15) is 0 Å². The highest BCUT2D eigenvalue weighted by Crippen LogP contribution is 2.36. The monoisotopic (exact) mass is 142 g/mol. The summed E-state index contributed by atoms with van der Waals surface area (Å²) >= 11 is 0. The number of hydrogen-bond acceptors (Lipinski definition) is 3. The fourth-order valence-corrected chi connectivity index (χ4v) is 0.951. The third-order valence-corrected chi connectivity index (χ3v) is 1.75. The number of esters is 1. The molecule has 1 fully saturated rings. The van der Waals surface area contributed by atoms with Gasteiger partial charge in [0, 0.05) is 0 Å². The first kappa shape index (κ1) is 7.25. The molecule has 0 amide bonds. The van der Waals surface area contributed by atoms with Crippen LogP contribution in [-0.2, 0) is 14.3 Å². The van der Waals surface area contributed by atoms with Crippen LogP contribution < -0.4 is 0 Å². The van der Waals surface area contributed by atoms with Gasteiger partial charge in [0.15, 0.2) is 0 Å². The minimum Gasteiger partial charge on any atom is -0.468 e. The Morgan fingerprint density at radius 3 is 2.60 bits per heavy atom. The molecule has 0 saturated heterocycles. The number of aldehydes is 1.